The van der Waals surface area contributed by atoms with Crippen LogP contribution in [0.1, 0.15) is 143 Å². The number of methoxy groups -OCH3 is 1. The Bertz CT molecular complexity index is 2440. The van der Waals surface area contributed by atoms with E-state index >= 15 is 0 Å². The first-order chi connectivity index (χ1) is 41.0. The van der Waals surface area contributed by atoms with Crippen molar-refractivity contribution in [3.8, 4) is 11.5 Å². The van der Waals surface area contributed by atoms with Crippen LogP contribution >= 0.6 is 0 Å². The Morgan fingerprint density at radius 2 is 1.21 bits per heavy atom. The van der Waals surface area contributed by atoms with Crippen molar-refractivity contribution >= 4 is 29.7 Å². The maximum atomic E-state index is 14.0. The maximum absolute atomic E-state index is 14.0. The number of fused-ring (bicyclic) bond motifs is 1. The third kappa shape index (κ3) is 18.3. The lowest BCUT2D eigenvalue weighted by Crippen LogP contribution is -2.70. The van der Waals surface area contributed by atoms with Crippen molar-refractivity contribution in [1.29, 1.82) is 0 Å². The van der Waals surface area contributed by atoms with Crippen LogP contribution in [0.5, 0.6) is 11.5 Å². The number of benzene rings is 1. The molecule has 0 spiro atoms. The van der Waals surface area contributed by atoms with E-state index in [4.69, 9.17) is 47.4 Å². The highest BCUT2D eigenvalue weighted by atomic mass is 16.8. The summed E-state index contributed by atoms with van der Waals surface area (Å²) in [4.78, 5) is 65.5. The van der Waals surface area contributed by atoms with Gasteiger partial charge in [0, 0.05) is 26.9 Å². The number of carbonyl (C=O) groups is 5. The molecule has 0 aliphatic carbocycles. The van der Waals surface area contributed by atoms with Crippen LogP contribution in [0.25, 0.3) is 0 Å². The van der Waals surface area contributed by atoms with Crippen LogP contribution in [0.4, 0.5) is 0 Å². The highest BCUT2D eigenvalue weighted by molar-refractivity contribution is 5.86. The minimum atomic E-state index is -2.23. The van der Waals surface area contributed by atoms with E-state index in [0.29, 0.717) is 23.7 Å². The van der Waals surface area contributed by atoms with E-state index in [1.807, 2.05) is 13.8 Å². The normalized spacial score (nSPS) is 36.0. The summed E-state index contributed by atoms with van der Waals surface area (Å²) in [7, 11) is 1.27. The average molecular weight is 1240 g/mol. The Balaban J connectivity index is 1.09. The molecular weight excluding hydrogens is 1140 g/mol. The minimum Gasteiger partial charge on any atom is -0.487 e. The standard InChI is InChI=1S/C61H99N3O23/c1-28(2)16-13-17-29(3)18-14-19-30(4)20-15-22-61(11)23-21-37-24-38(31(5)32(6)49(37)87-61)80-41(69)25-62-56(75)54-50(78-12)33(7)44(70)59(85-54)83-52-43(64-36(10)68)58(81-40(27-66)46(52)72)84-53-47(73)48(74)60(86-55(53)57(76)77)82-51-42(63-35(9)67)34(8)79-39(26-65)45(51)71/h24,28-30,33-34,39-40,42-48,50-55,58-60,65-66,70-74H,13-23,25-27H2,1-12H3,(H,62,75)(H,63,67)(H,64,68)(H,76,77)/t29?,30?,33-,34+,39?,40?,42?,43?,44?,45-,46-,47-,48?,50+,51-,52-,53+,54?,55?,58+,59-,60-,61?/m1/s1. The largest absolute Gasteiger partial charge is 0.487 e. The fourth-order valence-electron chi connectivity index (χ4n) is 12.5. The van der Waals surface area contributed by atoms with E-state index in [-0.39, 0.29) is 5.60 Å². The molecule has 0 bridgehead atoms. The predicted octanol–water partition coefficient (Wildman–Crippen LogP) is 1.50. The molecule has 87 heavy (non-hydrogen) atoms. The third-order valence-corrected chi connectivity index (χ3v) is 17.9. The zero-order valence-corrected chi connectivity index (χ0v) is 52.5. The van der Waals surface area contributed by atoms with Gasteiger partial charge in [0.1, 0.15) is 90.7 Å². The Kier molecular flexibility index (Phi) is 26.6. The average Bonchev–Trinajstić information content (AvgIpc) is 1.04. The summed E-state index contributed by atoms with van der Waals surface area (Å²) in [5.41, 5.74) is 2.07. The molecule has 0 saturated carbocycles. The molecule has 5 aliphatic rings. The van der Waals surface area contributed by atoms with E-state index in [2.05, 4.69) is 50.6 Å². The van der Waals surface area contributed by atoms with Crippen molar-refractivity contribution in [3.05, 3.63) is 22.8 Å². The smallest absolute Gasteiger partial charge is 0.335 e. The van der Waals surface area contributed by atoms with Crippen molar-refractivity contribution in [1.82, 2.24) is 16.0 Å². The van der Waals surface area contributed by atoms with Crippen LogP contribution in [0.2, 0.25) is 0 Å². The number of nitrogens with one attached hydrogen (secondary N) is 3. The van der Waals surface area contributed by atoms with Crippen molar-refractivity contribution in [2.45, 2.75) is 269 Å². The lowest BCUT2D eigenvalue weighted by molar-refractivity contribution is -0.365. The number of aliphatic hydroxyl groups is 7. The number of esters is 1. The summed E-state index contributed by atoms with van der Waals surface area (Å²) < 4.78 is 59.4. The Labute approximate surface area is 509 Å². The molecule has 4 saturated heterocycles. The van der Waals surface area contributed by atoms with E-state index in [0.717, 1.165) is 61.3 Å². The maximum Gasteiger partial charge on any atom is 0.335 e. The van der Waals surface area contributed by atoms with Gasteiger partial charge in [-0.1, -0.05) is 79.6 Å². The lowest BCUT2D eigenvalue weighted by atomic mass is 9.85. The van der Waals surface area contributed by atoms with Crippen LogP contribution in [0, 0.1) is 37.5 Å². The van der Waals surface area contributed by atoms with Gasteiger partial charge in [0.25, 0.3) is 5.91 Å². The monoisotopic (exact) mass is 1240 g/mol. The molecule has 4 fully saturated rings. The molecule has 0 radical (unpaired) electrons. The molecule has 1 aromatic rings. The molecule has 26 nitrogen and oxygen atoms in total. The fourth-order valence-corrected chi connectivity index (χ4v) is 12.5. The first-order valence-corrected chi connectivity index (χ1v) is 30.8. The van der Waals surface area contributed by atoms with E-state index in [9.17, 15) is 64.8 Å². The number of aliphatic hydroxyl groups excluding tert-OH is 7. The summed E-state index contributed by atoms with van der Waals surface area (Å²) in [6.45, 7) is 18.2. The second-order valence-corrected chi connectivity index (χ2v) is 25.5. The number of carboxylic acids is 1. The molecule has 1 aromatic carbocycles. The van der Waals surface area contributed by atoms with Crippen molar-refractivity contribution in [2.24, 2.45) is 23.7 Å². The number of hydrogen-bond donors (Lipinski definition) is 11. The van der Waals surface area contributed by atoms with Gasteiger partial charge in [-0.3, -0.25) is 14.4 Å². The number of amides is 3. The number of rotatable bonds is 28. The molecule has 0 aromatic heterocycles. The molecule has 26 heteroatoms. The second-order valence-electron chi connectivity index (χ2n) is 25.5. The van der Waals surface area contributed by atoms with E-state index in [1.54, 1.807) is 6.07 Å². The van der Waals surface area contributed by atoms with Crippen molar-refractivity contribution in [2.75, 3.05) is 26.9 Å². The van der Waals surface area contributed by atoms with Crippen LogP contribution in [-0.4, -0.2) is 219 Å². The van der Waals surface area contributed by atoms with Gasteiger partial charge in [-0.05, 0) is 93.9 Å². The van der Waals surface area contributed by atoms with Gasteiger partial charge in [-0.2, -0.15) is 0 Å². The van der Waals surface area contributed by atoms with Crippen molar-refractivity contribution < 1.29 is 112 Å². The summed E-state index contributed by atoms with van der Waals surface area (Å²) in [6.07, 6.45) is -17.4. The van der Waals surface area contributed by atoms with Gasteiger partial charge in [0.15, 0.2) is 31.1 Å². The Morgan fingerprint density at radius 1 is 0.667 bits per heavy atom. The van der Waals surface area contributed by atoms with Gasteiger partial charge in [-0.25, -0.2) is 9.59 Å². The Morgan fingerprint density at radius 3 is 1.78 bits per heavy atom. The summed E-state index contributed by atoms with van der Waals surface area (Å²) >= 11 is 0. The first-order valence-electron chi connectivity index (χ1n) is 30.8. The number of hydrogen-bond acceptors (Lipinski definition) is 22. The van der Waals surface area contributed by atoms with Crippen LogP contribution in [0.3, 0.4) is 0 Å². The second kappa shape index (κ2) is 32.2. The molecule has 11 N–H and O–H groups in total. The summed E-state index contributed by atoms with van der Waals surface area (Å²) in [5.74, 6) is -2.59. The van der Waals surface area contributed by atoms with Gasteiger partial charge < -0.3 is 104 Å². The SMILES string of the molecule is CO[C@@H]1C(C(=O)NCC(=O)Oc2cc3c(c(C)c2C)OC(C)(CCCC(C)CCCC(C)CCCC(C)C)CC3)O[C@@H](O[C@@H]2C(NC(C)=O)[C@H](O[C@@H]3C(C(=O)O)O[C@@H](O[C@@H]4C(NC(C)=O)[C@H](C)OC(CO)[C@H]4O)C(O)[C@H]3O)OC(CO)[C@H]2O)C(O)[C@H]1C. The minimum absolute atomic E-state index is 0.303. The molecule has 496 valence electrons. The predicted molar refractivity (Wildman–Crippen MR) is 309 cm³/mol. The van der Waals surface area contributed by atoms with E-state index in [1.165, 1.54) is 66.4 Å². The molecule has 11 unspecified atom stereocenters. The molecular formula is C61H99N3O23. The summed E-state index contributed by atoms with van der Waals surface area (Å²) in [5, 5.41) is 95.7. The third-order valence-electron chi connectivity index (χ3n) is 17.9. The lowest BCUT2D eigenvalue weighted by Gasteiger charge is -2.50. The zero-order chi connectivity index (χ0) is 64.4. The fraction of sp³-hybridized carbons (Fsp3) is 0.820. The number of ether oxygens (including phenoxy) is 10. The van der Waals surface area contributed by atoms with Gasteiger partial charge in [0.05, 0.1) is 31.5 Å². The topological polar surface area (TPSA) is 376 Å². The number of aliphatic carboxylic acids is 1. The molecule has 5 aliphatic heterocycles. The van der Waals surface area contributed by atoms with Crippen molar-refractivity contribution in [3.63, 3.8) is 0 Å². The van der Waals surface area contributed by atoms with E-state index < -0.39 is 172 Å². The number of carbonyl (C=O) groups excluding carboxylic acids is 4. The number of aryl methyl sites for hydroxylation is 1. The number of carboxylic acid groups (broad SMARTS) is 1. The van der Waals surface area contributed by atoms with Crippen LogP contribution in [0.15, 0.2) is 6.07 Å². The molecule has 23 atom stereocenters. The van der Waals surface area contributed by atoms with Gasteiger partial charge in [-0.15, -0.1) is 0 Å². The molecule has 3 amide bonds. The summed E-state index contributed by atoms with van der Waals surface area (Å²) in [6, 6.07) is -1.05. The van der Waals surface area contributed by atoms with Gasteiger partial charge >= 0.3 is 11.9 Å². The highest BCUT2D eigenvalue weighted by Crippen LogP contribution is 2.43. The van der Waals surface area contributed by atoms with Crippen LogP contribution in [-0.2, 0) is 68.3 Å². The highest BCUT2D eigenvalue weighted by Gasteiger charge is 2.57. The quantitative estimate of drug-likeness (QED) is 0.0418. The zero-order valence-electron chi connectivity index (χ0n) is 52.5. The van der Waals surface area contributed by atoms with Gasteiger partial charge in [0.2, 0.25) is 11.8 Å². The first kappa shape index (κ1) is 71.8. The van der Waals surface area contributed by atoms with Crippen LogP contribution < -0.4 is 25.4 Å². The Hall–Kier alpha value is -4.23. The molecule has 6 rings (SSSR count). The molecule has 5 heterocycles.